The summed E-state index contributed by atoms with van der Waals surface area (Å²) < 4.78 is 0. The number of aryl methyl sites for hydroxylation is 1. The number of nitrogens with zero attached hydrogens (tertiary/aromatic N) is 2. The van der Waals surface area contributed by atoms with E-state index in [1.165, 1.54) is 24.1 Å². The molecule has 0 fully saturated rings. The first-order chi connectivity index (χ1) is 8.49. The van der Waals surface area contributed by atoms with Gasteiger partial charge in [-0.25, -0.2) is 9.97 Å². The van der Waals surface area contributed by atoms with E-state index in [-0.39, 0.29) is 5.41 Å². The first kappa shape index (κ1) is 13.5. The van der Waals surface area contributed by atoms with Gasteiger partial charge >= 0.3 is 0 Å². The fourth-order valence-electron chi connectivity index (χ4n) is 2.61. The van der Waals surface area contributed by atoms with E-state index in [0.717, 1.165) is 25.2 Å². The Kier molecular flexibility index (Phi) is 4.00. The van der Waals surface area contributed by atoms with E-state index in [9.17, 15) is 0 Å². The van der Waals surface area contributed by atoms with Crippen LogP contribution in [0.1, 0.15) is 63.7 Å². The van der Waals surface area contributed by atoms with Crippen molar-refractivity contribution >= 4 is 0 Å². The molecule has 0 aliphatic heterocycles. The first-order valence-electron chi connectivity index (χ1n) is 7.07. The van der Waals surface area contributed by atoms with Crippen LogP contribution in [0.4, 0.5) is 0 Å². The van der Waals surface area contributed by atoms with Gasteiger partial charge in [-0.05, 0) is 31.2 Å². The number of aromatic nitrogens is 2. The number of fused-ring (bicyclic) bond motifs is 1. The van der Waals surface area contributed by atoms with Gasteiger partial charge in [-0.15, -0.1) is 0 Å². The van der Waals surface area contributed by atoms with Crippen molar-refractivity contribution in [3.8, 4) is 0 Å². The fourth-order valence-corrected chi connectivity index (χ4v) is 2.61. The molecule has 1 aliphatic carbocycles. The summed E-state index contributed by atoms with van der Waals surface area (Å²) in [5.41, 5.74) is 2.84. The lowest BCUT2D eigenvalue weighted by molar-refractivity contribution is 0.397. The maximum absolute atomic E-state index is 4.78. The smallest absolute Gasteiger partial charge is 0.129 e. The van der Waals surface area contributed by atoms with Crippen LogP contribution in [0, 0.1) is 5.41 Å². The van der Waals surface area contributed by atoms with E-state index in [1.54, 1.807) is 0 Å². The van der Waals surface area contributed by atoms with Gasteiger partial charge in [0.15, 0.2) is 0 Å². The summed E-state index contributed by atoms with van der Waals surface area (Å²) in [7, 11) is 0. The molecule has 1 N–H and O–H groups in total. The first-order valence-corrected chi connectivity index (χ1v) is 7.07. The van der Waals surface area contributed by atoms with Crippen LogP contribution in [-0.4, -0.2) is 16.5 Å². The van der Waals surface area contributed by atoms with Gasteiger partial charge < -0.3 is 5.32 Å². The molecule has 3 heteroatoms. The van der Waals surface area contributed by atoms with E-state index in [2.05, 4.69) is 44.2 Å². The zero-order valence-electron chi connectivity index (χ0n) is 12.1. The Labute approximate surface area is 110 Å². The monoisotopic (exact) mass is 247 g/mol. The molecule has 1 heterocycles. The molecule has 1 unspecified atom stereocenters. The summed E-state index contributed by atoms with van der Waals surface area (Å²) in [6.07, 6.45) is 6.55. The highest BCUT2D eigenvalue weighted by molar-refractivity contribution is 5.24. The highest BCUT2D eigenvalue weighted by Crippen LogP contribution is 2.28. The van der Waals surface area contributed by atoms with Crippen molar-refractivity contribution < 1.29 is 0 Å². The van der Waals surface area contributed by atoms with Crippen molar-refractivity contribution in [2.45, 2.75) is 59.4 Å². The molecule has 3 nitrogen and oxygen atoms in total. The molecule has 100 valence electrons. The van der Waals surface area contributed by atoms with Gasteiger partial charge in [0.05, 0.1) is 0 Å². The van der Waals surface area contributed by atoms with Crippen LogP contribution in [0.25, 0.3) is 0 Å². The van der Waals surface area contributed by atoms with E-state index in [1.807, 2.05) is 0 Å². The molecule has 1 aliphatic rings. The molecule has 2 rings (SSSR count). The molecule has 0 spiro atoms. The van der Waals surface area contributed by atoms with Crippen LogP contribution in [0.5, 0.6) is 0 Å². The third-order valence-electron chi connectivity index (χ3n) is 3.37. The molecule has 0 radical (unpaired) electrons. The Bertz CT molecular complexity index is 407. The van der Waals surface area contributed by atoms with Gasteiger partial charge in [0, 0.05) is 29.9 Å². The maximum atomic E-state index is 4.78. The van der Waals surface area contributed by atoms with Crippen LogP contribution in [0.3, 0.4) is 0 Å². The van der Waals surface area contributed by atoms with E-state index in [0.29, 0.717) is 6.04 Å². The molecule has 0 amide bonds. The fraction of sp³-hybridized carbons (Fsp3) is 0.733. The Hall–Kier alpha value is -0.960. The zero-order valence-corrected chi connectivity index (χ0v) is 12.1. The number of hydrogen-bond donors (Lipinski definition) is 1. The van der Waals surface area contributed by atoms with Gasteiger partial charge in [-0.1, -0.05) is 27.7 Å². The molecule has 0 saturated heterocycles. The molecule has 0 saturated carbocycles. The lowest BCUT2D eigenvalue weighted by Gasteiger charge is -2.26. The second-order valence-corrected chi connectivity index (χ2v) is 6.43. The Morgan fingerprint density at radius 3 is 2.83 bits per heavy atom. The van der Waals surface area contributed by atoms with Crippen molar-refractivity contribution in [2.75, 3.05) is 6.54 Å². The largest absolute Gasteiger partial charge is 0.310 e. The molecule has 1 atom stereocenters. The molecule has 18 heavy (non-hydrogen) atoms. The Balaban J connectivity index is 2.21. The van der Waals surface area contributed by atoms with Crippen LogP contribution in [-0.2, 0) is 12.8 Å². The second-order valence-electron chi connectivity index (χ2n) is 6.43. The van der Waals surface area contributed by atoms with Crippen LogP contribution >= 0.6 is 0 Å². The van der Waals surface area contributed by atoms with Gasteiger partial charge in [0.1, 0.15) is 5.82 Å². The van der Waals surface area contributed by atoms with Gasteiger partial charge in [-0.2, -0.15) is 0 Å². The van der Waals surface area contributed by atoms with Crippen molar-refractivity contribution in [1.82, 2.24) is 15.3 Å². The predicted molar refractivity (Wildman–Crippen MR) is 74.5 cm³/mol. The van der Waals surface area contributed by atoms with Crippen molar-refractivity contribution in [3.63, 3.8) is 0 Å². The van der Waals surface area contributed by atoms with Crippen molar-refractivity contribution in [2.24, 2.45) is 5.41 Å². The number of nitrogens with one attached hydrogen (secondary N) is 1. The van der Waals surface area contributed by atoms with Gasteiger partial charge in [-0.3, -0.25) is 0 Å². The lowest BCUT2D eigenvalue weighted by Crippen LogP contribution is -2.26. The average molecular weight is 247 g/mol. The molecule has 0 aromatic carbocycles. The highest BCUT2D eigenvalue weighted by atomic mass is 14.9. The van der Waals surface area contributed by atoms with E-state index in [4.69, 9.17) is 4.98 Å². The molecule has 0 bridgehead atoms. The zero-order chi connectivity index (χ0) is 13.2. The number of hydrogen-bond acceptors (Lipinski definition) is 3. The molecular formula is C15H25N3. The third-order valence-corrected chi connectivity index (χ3v) is 3.37. The predicted octanol–water partition coefficient (Wildman–Crippen LogP) is 3.05. The minimum Gasteiger partial charge on any atom is -0.310 e. The number of rotatable bonds is 3. The van der Waals surface area contributed by atoms with Crippen LogP contribution < -0.4 is 5.32 Å². The topological polar surface area (TPSA) is 37.8 Å². The van der Waals surface area contributed by atoms with Gasteiger partial charge in [0.25, 0.3) is 0 Å². The standard InChI is InChI=1S/C15H25N3/c1-5-16-12-7-6-8-13-11(12)10-17-14(18-13)9-15(2,3)4/h10,12,16H,5-9H2,1-4H3. The maximum Gasteiger partial charge on any atom is 0.129 e. The summed E-state index contributed by atoms with van der Waals surface area (Å²) in [6, 6.07) is 0.461. The van der Waals surface area contributed by atoms with Crippen molar-refractivity contribution in [3.05, 3.63) is 23.3 Å². The summed E-state index contributed by atoms with van der Waals surface area (Å²) in [5.74, 6) is 0.999. The summed E-state index contributed by atoms with van der Waals surface area (Å²) in [6.45, 7) is 9.86. The summed E-state index contributed by atoms with van der Waals surface area (Å²) >= 11 is 0. The van der Waals surface area contributed by atoms with Crippen LogP contribution in [0.2, 0.25) is 0 Å². The quantitative estimate of drug-likeness (QED) is 0.892. The minimum atomic E-state index is 0.254. The van der Waals surface area contributed by atoms with E-state index < -0.39 is 0 Å². The summed E-state index contributed by atoms with van der Waals surface area (Å²) in [4.78, 5) is 9.34. The van der Waals surface area contributed by atoms with Crippen molar-refractivity contribution in [1.29, 1.82) is 0 Å². The SMILES string of the molecule is CCNC1CCCc2nc(CC(C)(C)C)ncc21. The highest BCUT2D eigenvalue weighted by Gasteiger charge is 2.22. The Morgan fingerprint density at radius 1 is 1.39 bits per heavy atom. The van der Waals surface area contributed by atoms with E-state index >= 15 is 0 Å². The van der Waals surface area contributed by atoms with Gasteiger partial charge in [0.2, 0.25) is 0 Å². The Morgan fingerprint density at radius 2 is 2.17 bits per heavy atom. The summed E-state index contributed by atoms with van der Waals surface area (Å²) in [5, 5.41) is 3.53. The minimum absolute atomic E-state index is 0.254. The molecule has 1 aromatic rings. The third kappa shape index (κ3) is 3.29. The lowest BCUT2D eigenvalue weighted by atomic mass is 9.90. The second kappa shape index (κ2) is 5.35. The average Bonchev–Trinajstić information content (AvgIpc) is 2.27. The molecule has 1 aromatic heterocycles. The molecular weight excluding hydrogens is 222 g/mol. The van der Waals surface area contributed by atoms with Crippen LogP contribution in [0.15, 0.2) is 6.20 Å². The normalized spacial score (nSPS) is 19.7.